The molecule has 0 saturated heterocycles. The van der Waals surface area contributed by atoms with Gasteiger partial charge in [0.2, 0.25) is 5.09 Å². The molecule has 28 heavy (non-hydrogen) atoms. The van der Waals surface area contributed by atoms with Crippen LogP contribution in [0.3, 0.4) is 0 Å². The van der Waals surface area contributed by atoms with Crippen molar-refractivity contribution < 1.29 is 12.8 Å². The number of nitrogens with zero attached hydrogens (tertiary/aromatic N) is 3. The molecule has 0 amide bonds. The molecule has 0 bridgehead atoms. The second-order valence-electron chi connectivity index (χ2n) is 6.35. The van der Waals surface area contributed by atoms with E-state index in [9.17, 15) is 8.42 Å². The van der Waals surface area contributed by atoms with Crippen molar-refractivity contribution in [3.8, 4) is 5.69 Å². The maximum atomic E-state index is 12.2. The molecule has 0 unspecified atom stereocenters. The number of sulfonamides is 1. The van der Waals surface area contributed by atoms with Crippen LogP contribution >= 0.6 is 11.8 Å². The van der Waals surface area contributed by atoms with Gasteiger partial charge in [0.05, 0.1) is 16.8 Å². The van der Waals surface area contributed by atoms with Crippen LogP contribution in [-0.4, -0.2) is 36.4 Å². The van der Waals surface area contributed by atoms with Gasteiger partial charge in [0, 0.05) is 19.8 Å². The van der Waals surface area contributed by atoms with E-state index in [1.807, 2.05) is 54.6 Å². The minimum atomic E-state index is -3.57. The van der Waals surface area contributed by atoms with Gasteiger partial charge in [0.25, 0.3) is 10.0 Å². The zero-order valence-electron chi connectivity index (χ0n) is 15.4. The van der Waals surface area contributed by atoms with Gasteiger partial charge < -0.3 is 4.42 Å². The van der Waals surface area contributed by atoms with Gasteiger partial charge in [0.15, 0.2) is 5.16 Å². The Morgan fingerprint density at radius 1 is 1.00 bits per heavy atom. The molecule has 0 saturated carbocycles. The Hall–Kier alpha value is -2.55. The highest BCUT2D eigenvalue weighted by Gasteiger charge is 2.22. The highest BCUT2D eigenvalue weighted by atomic mass is 32.2. The van der Waals surface area contributed by atoms with Crippen molar-refractivity contribution in [1.29, 1.82) is 0 Å². The molecule has 0 spiro atoms. The van der Waals surface area contributed by atoms with E-state index in [2.05, 4.69) is 4.57 Å². The fourth-order valence-corrected chi connectivity index (χ4v) is 4.55. The van der Waals surface area contributed by atoms with Gasteiger partial charge in [0.1, 0.15) is 5.76 Å². The summed E-state index contributed by atoms with van der Waals surface area (Å²) in [6.07, 6.45) is 0. The first-order valence-corrected chi connectivity index (χ1v) is 11.1. The summed E-state index contributed by atoms with van der Waals surface area (Å²) in [5.74, 6) is 1.05. The predicted molar refractivity (Wildman–Crippen MR) is 110 cm³/mol. The van der Waals surface area contributed by atoms with E-state index < -0.39 is 10.0 Å². The summed E-state index contributed by atoms with van der Waals surface area (Å²) >= 11 is 1.50. The van der Waals surface area contributed by atoms with Gasteiger partial charge in [-0.25, -0.2) is 17.7 Å². The van der Waals surface area contributed by atoms with Crippen LogP contribution in [0.2, 0.25) is 0 Å². The lowest BCUT2D eigenvalue weighted by Gasteiger charge is -2.09. The Kier molecular flexibility index (Phi) is 5.01. The summed E-state index contributed by atoms with van der Waals surface area (Å²) in [6.45, 7) is 0. The van der Waals surface area contributed by atoms with Crippen molar-refractivity contribution in [3.05, 3.63) is 72.5 Å². The monoisotopic (exact) mass is 413 g/mol. The molecule has 8 heteroatoms. The van der Waals surface area contributed by atoms with Crippen molar-refractivity contribution in [1.82, 2.24) is 13.9 Å². The summed E-state index contributed by atoms with van der Waals surface area (Å²) in [4.78, 5) is 4.75. The van der Waals surface area contributed by atoms with Crippen LogP contribution in [-0.2, 0) is 15.8 Å². The summed E-state index contributed by atoms with van der Waals surface area (Å²) in [5.41, 5.74) is 2.95. The first-order chi connectivity index (χ1) is 13.5. The molecule has 0 aliphatic rings. The molecule has 2 aromatic carbocycles. The van der Waals surface area contributed by atoms with Crippen LogP contribution in [0.25, 0.3) is 16.7 Å². The summed E-state index contributed by atoms with van der Waals surface area (Å²) in [7, 11) is -0.613. The molecule has 4 aromatic rings. The van der Waals surface area contributed by atoms with Gasteiger partial charge in [-0.1, -0.05) is 42.1 Å². The van der Waals surface area contributed by atoms with Crippen LogP contribution in [0, 0.1) is 0 Å². The van der Waals surface area contributed by atoms with Crippen molar-refractivity contribution in [3.63, 3.8) is 0 Å². The molecule has 2 heterocycles. The lowest BCUT2D eigenvalue weighted by molar-refractivity contribution is 0.408. The number of para-hydroxylation sites is 3. The van der Waals surface area contributed by atoms with E-state index in [1.54, 1.807) is 6.07 Å². The first-order valence-electron chi connectivity index (χ1n) is 8.64. The predicted octanol–water partition coefficient (Wildman–Crippen LogP) is 4.16. The third-order valence-electron chi connectivity index (χ3n) is 4.26. The molecule has 6 nitrogen and oxygen atoms in total. The number of hydrogen-bond acceptors (Lipinski definition) is 5. The number of furan rings is 1. The molecule has 0 aliphatic carbocycles. The molecule has 0 N–H and O–H groups in total. The minimum absolute atomic E-state index is 0.0512. The van der Waals surface area contributed by atoms with Crippen molar-refractivity contribution >= 4 is 32.8 Å². The average molecular weight is 414 g/mol. The van der Waals surface area contributed by atoms with E-state index in [1.165, 1.54) is 31.9 Å². The lowest BCUT2D eigenvalue weighted by atomic mass is 10.3. The molecule has 0 radical (unpaired) electrons. The quantitative estimate of drug-likeness (QED) is 0.444. The molecule has 144 valence electrons. The SMILES string of the molecule is CN(C)S(=O)(=O)c1ccc(CSc2nc3ccccc3n2-c2ccccc2)o1. The molecule has 0 atom stereocenters. The third kappa shape index (κ3) is 3.46. The standard InChI is InChI=1S/C20H19N3O3S2/c1-22(2)28(24,25)19-13-12-16(26-19)14-27-20-21-17-10-6-7-11-18(17)23(20)15-8-4-3-5-9-15/h3-13H,14H2,1-2H3. The van der Waals surface area contributed by atoms with Crippen LogP contribution in [0.15, 0.2) is 81.4 Å². The zero-order valence-corrected chi connectivity index (χ0v) is 17.1. The zero-order chi connectivity index (χ0) is 19.7. The van der Waals surface area contributed by atoms with Crippen LogP contribution in [0.5, 0.6) is 0 Å². The molecule has 0 aliphatic heterocycles. The third-order valence-corrected chi connectivity index (χ3v) is 6.91. The van der Waals surface area contributed by atoms with Crippen LogP contribution < -0.4 is 0 Å². The first kappa shape index (κ1) is 18.8. The van der Waals surface area contributed by atoms with Crippen LogP contribution in [0.4, 0.5) is 0 Å². The van der Waals surface area contributed by atoms with Crippen molar-refractivity contribution in [2.45, 2.75) is 16.0 Å². The molecular weight excluding hydrogens is 394 g/mol. The Labute approximate surface area is 167 Å². The van der Waals surface area contributed by atoms with Crippen molar-refractivity contribution in [2.75, 3.05) is 14.1 Å². The number of thioether (sulfide) groups is 1. The highest BCUT2D eigenvalue weighted by Crippen LogP contribution is 2.30. The molecule has 2 aromatic heterocycles. The number of imidazole rings is 1. The Bertz CT molecular complexity index is 1210. The Morgan fingerprint density at radius 2 is 1.71 bits per heavy atom. The molecule has 0 fully saturated rings. The normalized spacial score (nSPS) is 12.1. The topological polar surface area (TPSA) is 68.3 Å². The van der Waals surface area contributed by atoms with Gasteiger partial charge >= 0.3 is 0 Å². The Balaban J connectivity index is 1.65. The fourth-order valence-electron chi connectivity index (χ4n) is 2.82. The Morgan fingerprint density at radius 3 is 2.46 bits per heavy atom. The van der Waals surface area contributed by atoms with Crippen molar-refractivity contribution in [2.24, 2.45) is 0 Å². The van der Waals surface area contributed by atoms with E-state index in [4.69, 9.17) is 9.40 Å². The lowest BCUT2D eigenvalue weighted by Crippen LogP contribution is -2.21. The maximum absolute atomic E-state index is 12.2. The van der Waals surface area contributed by atoms with E-state index in [0.717, 1.165) is 26.2 Å². The van der Waals surface area contributed by atoms with E-state index >= 15 is 0 Å². The summed E-state index contributed by atoms with van der Waals surface area (Å²) < 4.78 is 33.2. The van der Waals surface area contributed by atoms with Gasteiger partial charge in [-0.15, -0.1) is 0 Å². The molecule has 4 rings (SSSR count). The van der Waals surface area contributed by atoms with E-state index in [-0.39, 0.29) is 5.09 Å². The van der Waals surface area contributed by atoms with Gasteiger partial charge in [-0.2, -0.15) is 0 Å². The smallest absolute Gasteiger partial charge is 0.275 e. The number of aromatic nitrogens is 2. The number of fused-ring (bicyclic) bond motifs is 1. The second-order valence-corrected chi connectivity index (χ2v) is 9.38. The number of benzene rings is 2. The fraction of sp³-hybridized carbons (Fsp3) is 0.150. The molecular formula is C20H19N3O3S2. The highest BCUT2D eigenvalue weighted by molar-refractivity contribution is 7.98. The largest absolute Gasteiger partial charge is 0.447 e. The van der Waals surface area contributed by atoms with Gasteiger partial charge in [-0.3, -0.25) is 4.57 Å². The second kappa shape index (κ2) is 7.46. The summed E-state index contributed by atoms with van der Waals surface area (Å²) in [6, 6.07) is 21.2. The average Bonchev–Trinajstić information content (AvgIpc) is 3.31. The number of rotatable bonds is 6. The summed E-state index contributed by atoms with van der Waals surface area (Å²) in [5, 5.41) is 0.769. The van der Waals surface area contributed by atoms with Gasteiger partial charge in [-0.05, 0) is 36.4 Å². The van der Waals surface area contributed by atoms with Crippen LogP contribution in [0.1, 0.15) is 5.76 Å². The number of hydrogen-bond donors (Lipinski definition) is 0. The maximum Gasteiger partial charge on any atom is 0.275 e. The van der Waals surface area contributed by atoms with E-state index in [0.29, 0.717) is 11.5 Å². The minimum Gasteiger partial charge on any atom is -0.447 e.